The minimum Gasteiger partial charge on any atom is -0.481 e. The van der Waals surface area contributed by atoms with Gasteiger partial charge < -0.3 is 10.4 Å². The van der Waals surface area contributed by atoms with E-state index in [1.165, 1.54) is 0 Å². The van der Waals surface area contributed by atoms with Crippen LogP contribution in [0.15, 0.2) is 0 Å². The number of likely N-dealkylation sites (N-methyl/N-ethyl adjacent to an activating group) is 1. The van der Waals surface area contributed by atoms with Crippen LogP contribution in [0.2, 0.25) is 0 Å². The van der Waals surface area contributed by atoms with Crippen molar-refractivity contribution in [1.82, 2.24) is 10.2 Å². The number of carbonyl (C=O) groups is 2. The van der Waals surface area contributed by atoms with Gasteiger partial charge in [-0.25, -0.2) is 0 Å². The average molecular weight is 244 g/mol. The summed E-state index contributed by atoms with van der Waals surface area (Å²) in [5.74, 6) is -0.454. The van der Waals surface area contributed by atoms with Crippen molar-refractivity contribution in [2.75, 3.05) is 19.6 Å². The van der Waals surface area contributed by atoms with Crippen LogP contribution < -0.4 is 5.32 Å². The van der Waals surface area contributed by atoms with Gasteiger partial charge in [0, 0.05) is 13.1 Å². The van der Waals surface area contributed by atoms with Gasteiger partial charge in [-0.05, 0) is 19.4 Å². The lowest BCUT2D eigenvalue weighted by atomic mass is 10.2. The van der Waals surface area contributed by atoms with Crippen LogP contribution in [0.3, 0.4) is 0 Å². The second-order valence-corrected chi connectivity index (χ2v) is 4.59. The molecule has 2 N–H and O–H groups in total. The van der Waals surface area contributed by atoms with E-state index in [-0.39, 0.29) is 18.4 Å². The standard InChI is InChI=1S/C12H24N2O3/c1-5-14(7-6-11(15)16)10(4)12(17)13-8-9(2)3/h9-10H,5-8H2,1-4H3,(H,13,17)(H,15,16). The molecule has 0 saturated carbocycles. The number of nitrogens with zero attached hydrogens (tertiary/aromatic N) is 1. The largest absolute Gasteiger partial charge is 0.481 e. The first-order valence-corrected chi connectivity index (χ1v) is 6.12. The third-order valence-electron chi connectivity index (χ3n) is 2.63. The lowest BCUT2D eigenvalue weighted by Gasteiger charge is -2.26. The Morgan fingerprint density at radius 1 is 1.29 bits per heavy atom. The molecule has 0 saturated heterocycles. The van der Waals surface area contributed by atoms with Crippen molar-refractivity contribution in [3.8, 4) is 0 Å². The maximum absolute atomic E-state index is 11.8. The highest BCUT2D eigenvalue weighted by Gasteiger charge is 2.20. The molecule has 17 heavy (non-hydrogen) atoms. The zero-order valence-electron chi connectivity index (χ0n) is 11.2. The minimum atomic E-state index is -0.835. The highest BCUT2D eigenvalue weighted by atomic mass is 16.4. The molecule has 0 spiro atoms. The molecule has 1 atom stereocenters. The van der Waals surface area contributed by atoms with Crippen molar-refractivity contribution in [3.63, 3.8) is 0 Å². The fourth-order valence-corrected chi connectivity index (χ4v) is 1.48. The van der Waals surface area contributed by atoms with Gasteiger partial charge >= 0.3 is 5.97 Å². The fourth-order valence-electron chi connectivity index (χ4n) is 1.48. The van der Waals surface area contributed by atoms with Crippen LogP contribution in [0.5, 0.6) is 0 Å². The Morgan fingerprint density at radius 2 is 1.88 bits per heavy atom. The number of carbonyl (C=O) groups excluding carboxylic acids is 1. The molecule has 1 amide bonds. The summed E-state index contributed by atoms with van der Waals surface area (Å²) >= 11 is 0. The topological polar surface area (TPSA) is 69.6 Å². The van der Waals surface area contributed by atoms with Crippen LogP contribution in [-0.2, 0) is 9.59 Å². The smallest absolute Gasteiger partial charge is 0.304 e. The van der Waals surface area contributed by atoms with Crippen molar-refractivity contribution in [1.29, 1.82) is 0 Å². The lowest BCUT2D eigenvalue weighted by Crippen LogP contribution is -2.46. The quantitative estimate of drug-likeness (QED) is 0.667. The van der Waals surface area contributed by atoms with Gasteiger partial charge in [0.15, 0.2) is 0 Å². The summed E-state index contributed by atoms with van der Waals surface area (Å²) in [6, 6.07) is -0.280. The molecule has 0 aliphatic heterocycles. The Balaban J connectivity index is 4.17. The van der Waals surface area contributed by atoms with E-state index in [0.29, 0.717) is 25.6 Å². The van der Waals surface area contributed by atoms with E-state index in [4.69, 9.17) is 5.11 Å². The van der Waals surface area contributed by atoms with Gasteiger partial charge in [-0.1, -0.05) is 20.8 Å². The number of rotatable bonds is 8. The molecule has 0 radical (unpaired) electrons. The van der Waals surface area contributed by atoms with Crippen molar-refractivity contribution in [2.24, 2.45) is 5.92 Å². The molecule has 0 aromatic heterocycles. The van der Waals surface area contributed by atoms with E-state index >= 15 is 0 Å². The third kappa shape index (κ3) is 6.94. The highest BCUT2D eigenvalue weighted by molar-refractivity contribution is 5.81. The Morgan fingerprint density at radius 3 is 2.29 bits per heavy atom. The van der Waals surface area contributed by atoms with E-state index < -0.39 is 5.97 Å². The normalized spacial score (nSPS) is 12.8. The summed E-state index contributed by atoms with van der Waals surface area (Å²) in [5.41, 5.74) is 0. The highest BCUT2D eigenvalue weighted by Crippen LogP contribution is 2.01. The second kappa shape index (κ2) is 8.06. The maximum Gasteiger partial charge on any atom is 0.304 e. The Labute approximate surface area is 103 Å². The number of hydrogen-bond acceptors (Lipinski definition) is 3. The summed E-state index contributed by atoms with van der Waals surface area (Å²) in [6.45, 7) is 9.53. The number of carboxylic acids is 1. The van der Waals surface area contributed by atoms with E-state index in [9.17, 15) is 9.59 Å². The first-order valence-electron chi connectivity index (χ1n) is 6.12. The van der Waals surface area contributed by atoms with Crippen LogP contribution in [0.1, 0.15) is 34.1 Å². The molecule has 100 valence electrons. The van der Waals surface area contributed by atoms with Gasteiger partial charge in [-0.15, -0.1) is 0 Å². The summed E-state index contributed by atoms with van der Waals surface area (Å²) in [6.07, 6.45) is 0.0651. The third-order valence-corrected chi connectivity index (χ3v) is 2.63. The zero-order chi connectivity index (χ0) is 13.4. The Bertz CT molecular complexity index is 254. The number of amides is 1. The van der Waals surface area contributed by atoms with Crippen LogP contribution in [0, 0.1) is 5.92 Å². The summed E-state index contributed by atoms with van der Waals surface area (Å²) in [7, 11) is 0. The first kappa shape index (κ1) is 15.9. The molecule has 5 nitrogen and oxygen atoms in total. The van der Waals surface area contributed by atoms with Gasteiger partial charge in [0.2, 0.25) is 5.91 Å². The molecular formula is C12H24N2O3. The minimum absolute atomic E-state index is 0.0362. The van der Waals surface area contributed by atoms with E-state index in [1.54, 1.807) is 6.92 Å². The molecule has 0 aliphatic rings. The second-order valence-electron chi connectivity index (χ2n) is 4.59. The van der Waals surface area contributed by atoms with E-state index in [0.717, 1.165) is 0 Å². The Kier molecular flexibility index (Phi) is 7.54. The SMILES string of the molecule is CCN(CCC(=O)O)C(C)C(=O)NCC(C)C. The summed E-state index contributed by atoms with van der Waals surface area (Å²) in [4.78, 5) is 24.2. The number of carboxylic acid groups (broad SMARTS) is 1. The molecule has 1 unspecified atom stereocenters. The zero-order valence-corrected chi connectivity index (χ0v) is 11.2. The fraction of sp³-hybridized carbons (Fsp3) is 0.833. The van der Waals surface area contributed by atoms with Gasteiger partial charge in [0.25, 0.3) is 0 Å². The van der Waals surface area contributed by atoms with Crippen LogP contribution in [0.4, 0.5) is 0 Å². The molecule has 0 heterocycles. The van der Waals surface area contributed by atoms with Crippen molar-refractivity contribution >= 4 is 11.9 Å². The average Bonchev–Trinajstić information content (AvgIpc) is 2.25. The number of hydrogen-bond donors (Lipinski definition) is 2. The number of aliphatic carboxylic acids is 1. The lowest BCUT2D eigenvalue weighted by molar-refractivity contribution is -0.138. The van der Waals surface area contributed by atoms with Crippen LogP contribution in [0.25, 0.3) is 0 Å². The predicted molar refractivity (Wildman–Crippen MR) is 66.8 cm³/mol. The molecular weight excluding hydrogens is 220 g/mol. The molecule has 0 aliphatic carbocycles. The van der Waals surface area contributed by atoms with Crippen molar-refractivity contribution in [3.05, 3.63) is 0 Å². The summed E-state index contributed by atoms with van der Waals surface area (Å²) in [5, 5.41) is 11.5. The molecule has 5 heteroatoms. The number of nitrogens with one attached hydrogen (secondary N) is 1. The summed E-state index contributed by atoms with van der Waals surface area (Å²) < 4.78 is 0. The van der Waals surface area contributed by atoms with Gasteiger partial charge in [-0.2, -0.15) is 0 Å². The van der Waals surface area contributed by atoms with Crippen molar-refractivity contribution < 1.29 is 14.7 Å². The first-order chi connectivity index (χ1) is 7.88. The monoisotopic (exact) mass is 244 g/mol. The van der Waals surface area contributed by atoms with E-state index in [2.05, 4.69) is 5.32 Å². The predicted octanol–water partition coefficient (Wildman–Crippen LogP) is 0.944. The molecule has 0 rings (SSSR count). The molecule has 0 fully saturated rings. The van der Waals surface area contributed by atoms with E-state index in [1.807, 2.05) is 25.7 Å². The Hall–Kier alpha value is -1.10. The maximum atomic E-state index is 11.8. The van der Waals surface area contributed by atoms with Crippen LogP contribution in [-0.4, -0.2) is 47.6 Å². The van der Waals surface area contributed by atoms with Crippen molar-refractivity contribution in [2.45, 2.75) is 40.2 Å². The van der Waals surface area contributed by atoms with Gasteiger partial charge in [0.05, 0.1) is 12.5 Å². The van der Waals surface area contributed by atoms with Crippen LogP contribution >= 0.6 is 0 Å². The molecule has 0 aromatic carbocycles. The molecule has 0 aromatic rings. The molecule has 0 bridgehead atoms. The van der Waals surface area contributed by atoms with Gasteiger partial charge in [-0.3, -0.25) is 14.5 Å². The van der Waals surface area contributed by atoms with Gasteiger partial charge in [0.1, 0.15) is 0 Å².